The molecule has 11 heteroatoms. The zero-order valence-electron chi connectivity index (χ0n) is 9.83. The molecule has 1 aromatic rings. The molecule has 0 bridgehead atoms. The van der Waals surface area contributed by atoms with Crippen molar-refractivity contribution in [3.8, 4) is 5.75 Å². The van der Waals surface area contributed by atoms with E-state index in [1.165, 1.54) is 0 Å². The van der Waals surface area contributed by atoms with Gasteiger partial charge in [-0.3, -0.25) is 0 Å². The number of rotatable bonds is 5. The lowest BCUT2D eigenvalue weighted by atomic mass is 10.0. The summed E-state index contributed by atoms with van der Waals surface area (Å²) < 4.78 is 70.8. The van der Waals surface area contributed by atoms with E-state index in [1.54, 1.807) is 0 Å². The number of carbonyl (C=O) groups is 1. The van der Waals surface area contributed by atoms with Gasteiger partial charge in [0.2, 0.25) is 0 Å². The fourth-order valence-electron chi connectivity index (χ4n) is 1.44. The van der Waals surface area contributed by atoms with Gasteiger partial charge in [0.05, 0.1) is 5.56 Å². The molecule has 112 valence electrons. The van der Waals surface area contributed by atoms with Crippen molar-refractivity contribution in [2.45, 2.75) is 12.7 Å². The number of aromatic carboxylic acids is 1. The summed E-state index contributed by atoms with van der Waals surface area (Å²) in [5.74, 6) is -3.47. The van der Waals surface area contributed by atoms with Crippen molar-refractivity contribution in [3.63, 3.8) is 0 Å². The minimum atomic E-state index is -5.44. The van der Waals surface area contributed by atoms with Gasteiger partial charge in [-0.1, -0.05) is 3.89 Å². The highest BCUT2D eigenvalue weighted by atomic mass is 32.3. The maximum absolute atomic E-state index is 12.6. The second-order valence-electron chi connectivity index (χ2n) is 3.73. The molecule has 1 rings (SSSR count). The van der Waals surface area contributed by atoms with Crippen LogP contribution in [0.15, 0.2) is 12.1 Å². The minimum absolute atomic E-state index is 0.251. The predicted octanol–water partition coefficient (Wildman–Crippen LogP) is 1.09. The van der Waals surface area contributed by atoms with E-state index in [-0.39, 0.29) is 5.56 Å². The number of hydrogen-bond acceptors (Lipinski definition) is 6. The fourth-order valence-corrected chi connectivity index (χ4v) is 2.40. The number of benzene rings is 1. The Morgan fingerprint density at radius 1 is 1.25 bits per heavy atom. The Hall–Kier alpha value is -1.75. The predicted molar refractivity (Wildman–Crippen MR) is 62.5 cm³/mol. The van der Waals surface area contributed by atoms with Gasteiger partial charge < -0.3 is 9.29 Å². The molecule has 0 saturated carbocycles. The van der Waals surface area contributed by atoms with E-state index in [1.807, 2.05) is 0 Å². The van der Waals surface area contributed by atoms with E-state index in [0.29, 0.717) is 0 Å². The van der Waals surface area contributed by atoms with Gasteiger partial charge in [0.25, 0.3) is 0 Å². The fraction of sp³-hybridized carbons (Fsp3) is 0.222. The second-order valence-corrected chi connectivity index (χ2v) is 6.05. The van der Waals surface area contributed by atoms with Crippen LogP contribution in [0.4, 0.5) is 7.77 Å². The van der Waals surface area contributed by atoms with Crippen molar-refractivity contribution < 1.29 is 38.7 Å². The largest absolute Gasteiger partial charge is 0.488 e. The Balaban J connectivity index is 3.46. The summed E-state index contributed by atoms with van der Waals surface area (Å²) in [7, 11) is -10.4. The average Bonchev–Trinajstić information content (AvgIpc) is 2.17. The number of halogens is 2. The summed E-state index contributed by atoms with van der Waals surface area (Å²) in [5, 5.41) is 8.87. The van der Waals surface area contributed by atoms with Crippen LogP contribution < -0.4 is 4.18 Å². The first kappa shape index (κ1) is 16.3. The molecule has 0 aliphatic rings. The van der Waals surface area contributed by atoms with Crippen molar-refractivity contribution in [3.05, 3.63) is 28.8 Å². The molecule has 1 N–H and O–H groups in total. The highest BCUT2D eigenvalue weighted by Gasteiger charge is 2.20. The zero-order chi connectivity index (χ0) is 15.7. The summed E-state index contributed by atoms with van der Waals surface area (Å²) in [6, 6.07) is 1.56. The molecular weight excluding hydrogens is 322 g/mol. The van der Waals surface area contributed by atoms with Crippen molar-refractivity contribution in [2.75, 3.05) is 0 Å². The van der Waals surface area contributed by atoms with Crippen LogP contribution in [-0.4, -0.2) is 27.9 Å². The maximum Gasteiger partial charge on any atom is 0.488 e. The lowest BCUT2D eigenvalue weighted by molar-refractivity contribution is 0.0695. The summed E-state index contributed by atoms with van der Waals surface area (Å²) in [5.41, 5.74) is -1.18. The number of hydrogen-bond donors (Lipinski definition) is 1. The van der Waals surface area contributed by atoms with Crippen molar-refractivity contribution in [2.24, 2.45) is 0 Å². The van der Waals surface area contributed by atoms with Crippen LogP contribution in [0.1, 0.15) is 21.5 Å². The van der Waals surface area contributed by atoms with Crippen LogP contribution in [0.3, 0.4) is 0 Å². The third-order valence-electron chi connectivity index (χ3n) is 2.18. The van der Waals surface area contributed by atoms with E-state index in [2.05, 4.69) is 4.18 Å². The molecule has 0 fully saturated rings. The van der Waals surface area contributed by atoms with Crippen LogP contribution >= 0.6 is 0 Å². The maximum atomic E-state index is 12.6. The molecule has 7 nitrogen and oxygen atoms in total. The smallest absolute Gasteiger partial charge is 0.478 e. The first-order chi connectivity index (χ1) is 8.89. The summed E-state index contributed by atoms with van der Waals surface area (Å²) in [6.07, 6.45) is 0. The zero-order valence-corrected chi connectivity index (χ0v) is 11.5. The van der Waals surface area contributed by atoms with Gasteiger partial charge in [-0.25, -0.2) is 4.79 Å². The molecule has 0 spiro atoms. The molecule has 20 heavy (non-hydrogen) atoms. The molecule has 0 amide bonds. The van der Waals surface area contributed by atoms with Crippen LogP contribution in [0, 0.1) is 6.92 Å². The molecule has 0 atom stereocenters. The second kappa shape index (κ2) is 5.32. The van der Waals surface area contributed by atoms with E-state index in [0.717, 1.165) is 19.1 Å². The minimum Gasteiger partial charge on any atom is -0.478 e. The normalized spacial score (nSPS) is 12.2. The topological polar surface area (TPSA) is 115 Å². The summed E-state index contributed by atoms with van der Waals surface area (Å²) >= 11 is 0. The van der Waals surface area contributed by atoms with Gasteiger partial charge >= 0.3 is 26.7 Å². The molecular formula is C9H8F2O7S2. The molecule has 0 aromatic heterocycles. The Labute approximate surface area is 113 Å². The highest BCUT2D eigenvalue weighted by Crippen LogP contribution is 2.27. The Kier molecular flexibility index (Phi) is 4.34. The molecule has 0 aliphatic carbocycles. The van der Waals surface area contributed by atoms with Gasteiger partial charge in [0, 0.05) is 5.56 Å². The first-order valence-electron chi connectivity index (χ1n) is 4.82. The molecule has 1 aromatic carbocycles. The molecule has 0 saturated heterocycles. The summed E-state index contributed by atoms with van der Waals surface area (Å²) in [6.45, 7) is 1.12. The van der Waals surface area contributed by atoms with Crippen LogP contribution in [-0.2, 0) is 26.5 Å². The van der Waals surface area contributed by atoms with Crippen LogP contribution in [0.5, 0.6) is 5.75 Å². The van der Waals surface area contributed by atoms with E-state index >= 15 is 0 Å². The van der Waals surface area contributed by atoms with Crippen molar-refractivity contribution in [1.29, 1.82) is 0 Å². The summed E-state index contributed by atoms with van der Waals surface area (Å²) in [4.78, 5) is 10.9. The monoisotopic (exact) mass is 330 g/mol. The number of carboxylic acid groups (broad SMARTS) is 1. The van der Waals surface area contributed by atoms with E-state index < -0.39 is 49.3 Å². The third kappa shape index (κ3) is 4.74. The van der Waals surface area contributed by atoms with E-state index in [9.17, 15) is 29.4 Å². The SMILES string of the molecule is Cc1c(OS(=O)(=O)F)cc(CS(=O)(=O)F)cc1C(=O)O. The molecule has 0 aliphatic heterocycles. The molecule has 0 heterocycles. The van der Waals surface area contributed by atoms with Gasteiger partial charge in [-0.05, 0) is 24.6 Å². The average molecular weight is 330 g/mol. The molecule has 0 radical (unpaired) electrons. The Morgan fingerprint density at radius 3 is 2.20 bits per heavy atom. The first-order valence-corrected chi connectivity index (χ1v) is 7.68. The van der Waals surface area contributed by atoms with Gasteiger partial charge in [-0.2, -0.15) is 16.8 Å². The quantitative estimate of drug-likeness (QED) is 0.803. The molecule has 0 unspecified atom stereocenters. The van der Waals surface area contributed by atoms with Crippen LogP contribution in [0.25, 0.3) is 0 Å². The lowest BCUT2D eigenvalue weighted by Gasteiger charge is -2.10. The Morgan fingerprint density at radius 2 is 1.80 bits per heavy atom. The Bertz CT molecular complexity index is 753. The van der Waals surface area contributed by atoms with E-state index in [4.69, 9.17) is 5.11 Å². The standard InChI is InChI=1S/C9H8F2O7S2/c1-5-7(9(12)13)2-6(4-19(10,14)15)3-8(5)18-20(11,16)17/h2-3H,4H2,1H3,(H,12,13). The third-order valence-corrected chi connectivity index (χ3v) is 3.24. The number of carboxylic acids is 1. The van der Waals surface area contributed by atoms with Gasteiger partial charge in [0.1, 0.15) is 11.5 Å². The van der Waals surface area contributed by atoms with Gasteiger partial charge in [0.15, 0.2) is 0 Å². The van der Waals surface area contributed by atoms with Crippen LogP contribution in [0.2, 0.25) is 0 Å². The van der Waals surface area contributed by atoms with Gasteiger partial charge in [-0.15, -0.1) is 3.89 Å². The highest BCUT2D eigenvalue weighted by molar-refractivity contribution is 7.85. The van der Waals surface area contributed by atoms with Crippen molar-refractivity contribution in [1.82, 2.24) is 0 Å². The lowest BCUT2D eigenvalue weighted by Crippen LogP contribution is -2.09. The van der Waals surface area contributed by atoms with Crippen molar-refractivity contribution >= 4 is 26.7 Å².